The van der Waals surface area contributed by atoms with Gasteiger partial charge in [-0.05, 0) is 73.3 Å². The molecular formula is C24H46N2. The highest BCUT2D eigenvalue weighted by Crippen LogP contribution is 2.54. The van der Waals surface area contributed by atoms with Crippen LogP contribution in [-0.4, -0.2) is 49.1 Å². The quantitative estimate of drug-likeness (QED) is 0.524. The molecule has 0 spiro atoms. The molecule has 2 heterocycles. The van der Waals surface area contributed by atoms with Crippen molar-refractivity contribution in [3.63, 3.8) is 0 Å². The summed E-state index contributed by atoms with van der Waals surface area (Å²) >= 11 is 0. The fourth-order valence-electron chi connectivity index (χ4n) is 5.90. The summed E-state index contributed by atoms with van der Waals surface area (Å²) < 4.78 is 0. The van der Waals surface area contributed by atoms with E-state index in [0.717, 1.165) is 23.7 Å². The Kier molecular flexibility index (Phi) is 6.44. The van der Waals surface area contributed by atoms with Gasteiger partial charge in [-0.15, -0.1) is 0 Å². The van der Waals surface area contributed by atoms with Gasteiger partial charge in [-0.25, -0.2) is 0 Å². The van der Waals surface area contributed by atoms with E-state index in [2.05, 4.69) is 51.3 Å². The van der Waals surface area contributed by atoms with Gasteiger partial charge >= 0.3 is 0 Å². The molecular weight excluding hydrogens is 316 g/mol. The lowest BCUT2D eigenvalue weighted by atomic mass is 9.60. The van der Waals surface area contributed by atoms with Crippen LogP contribution in [0.2, 0.25) is 0 Å². The van der Waals surface area contributed by atoms with Crippen molar-refractivity contribution in [3.05, 3.63) is 0 Å². The first-order valence-electron chi connectivity index (χ1n) is 11.6. The minimum atomic E-state index is 0.511. The van der Waals surface area contributed by atoms with Crippen molar-refractivity contribution < 1.29 is 0 Å². The van der Waals surface area contributed by atoms with Gasteiger partial charge in [-0.2, -0.15) is 0 Å². The summed E-state index contributed by atoms with van der Waals surface area (Å²) in [7, 11) is 0. The molecule has 26 heavy (non-hydrogen) atoms. The Labute approximate surface area is 164 Å². The summed E-state index contributed by atoms with van der Waals surface area (Å²) in [4.78, 5) is 5.62. The van der Waals surface area contributed by atoms with Crippen molar-refractivity contribution in [2.24, 2.45) is 34.5 Å². The smallest absolute Gasteiger partial charge is 0.00163 e. The van der Waals surface area contributed by atoms with E-state index >= 15 is 0 Å². The van der Waals surface area contributed by atoms with Crippen molar-refractivity contribution in [2.45, 2.75) is 80.1 Å². The predicted octanol–water partition coefficient (Wildman–Crippen LogP) is 5.53. The van der Waals surface area contributed by atoms with Crippen LogP contribution in [0.25, 0.3) is 0 Å². The van der Waals surface area contributed by atoms with E-state index in [4.69, 9.17) is 0 Å². The van der Waals surface area contributed by atoms with Crippen LogP contribution >= 0.6 is 0 Å². The van der Waals surface area contributed by atoms with Crippen LogP contribution in [0.15, 0.2) is 0 Å². The Bertz CT molecular complexity index is 374. The predicted molar refractivity (Wildman–Crippen MR) is 113 cm³/mol. The van der Waals surface area contributed by atoms with E-state index in [9.17, 15) is 0 Å². The van der Waals surface area contributed by atoms with E-state index < -0.39 is 0 Å². The second kappa shape index (κ2) is 8.11. The number of hydrogen-bond donors (Lipinski definition) is 0. The molecule has 3 fully saturated rings. The Morgan fingerprint density at radius 2 is 0.846 bits per heavy atom. The van der Waals surface area contributed by atoms with Crippen molar-refractivity contribution >= 4 is 0 Å². The summed E-state index contributed by atoms with van der Waals surface area (Å²) in [6, 6.07) is 0. The molecule has 152 valence electrons. The van der Waals surface area contributed by atoms with Crippen LogP contribution in [0.1, 0.15) is 80.1 Å². The van der Waals surface area contributed by atoms with Gasteiger partial charge in [0.05, 0.1) is 0 Å². The highest BCUT2D eigenvalue weighted by atomic mass is 15.2. The Morgan fingerprint density at radius 3 is 1.12 bits per heavy atom. The Hall–Kier alpha value is -0.0800. The zero-order valence-corrected chi connectivity index (χ0v) is 18.7. The van der Waals surface area contributed by atoms with Crippen LogP contribution in [-0.2, 0) is 0 Å². The average Bonchev–Trinajstić information content (AvgIpc) is 3.04. The van der Waals surface area contributed by atoms with Gasteiger partial charge in [0, 0.05) is 26.2 Å². The molecule has 2 heteroatoms. The molecule has 1 aliphatic carbocycles. The number of nitrogens with zero attached hydrogens (tertiary/aromatic N) is 2. The number of unbranched alkanes of at least 4 members (excludes halogenated alkanes) is 2. The van der Waals surface area contributed by atoms with Gasteiger partial charge in [-0.3, -0.25) is 0 Å². The second-order valence-corrected chi connectivity index (χ2v) is 12.2. The summed E-state index contributed by atoms with van der Waals surface area (Å²) in [5, 5.41) is 0. The molecule has 0 radical (unpaired) electrons. The molecule has 0 amide bonds. The third kappa shape index (κ3) is 5.47. The lowest BCUT2D eigenvalue weighted by Gasteiger charge is -2.43. The van der Waals surface area contributed by atoms with Gasteiger partial charge in [0.2, 0.25) is 0 Å². The average molecular weight is 363 g/mol. The van der Waals surface area contributed by atoms with E-state index in [1.165, 1.54) is 77.8 Å². The zero-order valence-electron chi connectivity index (χ0n) is 18.7. The first-order valence-corrected chi connectivity index (χ1v) is 11.6. The molecule has 2 nitrogen and oxygen atoms in total. The molecule has 0 bridgehead atoms. The molecule has 0 aromatic carbocycles. The minimum Gasteiger partial charge on any atom is -0.303 e. The zero-order chi connectivity index (χ0) is 18.9. The van der Waals surface area contributed by atoms with Gasteiger partial charge in [0.1, 0.15) is 0 Å². The lowest BCUT2D eigenvalue weighted by molar-refractivity contribution is 0.0629. The summed E-state index contributed by atoms with van der Waals surface area (Å²) in [6.45, 7) is 22.6. The summed E-state index contributed by atoms with van der Waals surface area (Å²) in [5.74, 6) is 4.17. The highest BCUT2D eigenvalue weighted by Gasteiger charge is 2.57. The molecule has 3 rings (SSSR count). The number of likely N-dealkylation sites (tertiary alicyclic amines) is 2. The molecule has 2 aliphatic heterocycles. The first kappa shape index (κ1) is 20.6. The van der Waals surface area contributed by atoms with Crippen LogP contribution in [0.4, 0.5) is 0 Å². The summed E-state index contributed by atoms with van der Waals surface area (Å²) in [5.41, 5.74) is 1.02. The van der Waals surface area contributed by atoms with Gasteiger partial charge < -0.3 is 9.80 Å². The van der Waals surface area contributed by atoms with Crippen molar-refractivity contribution in [1.82, 2.24) is 9.80 Å². The topological polar surface area (TPSA) is 6.48 Å². The molecule has 2 saturated heterocycles. The van der Waals surface area contributed by atoms with Crippen molar-refractivity contribution in [1.29, 1.82) is 0 Å². The number of hydrogen-bond acceptors (Lipinski definition) is 2. The minimum absolute atomic E-state index is 0.511. The Morgan fingerprint density at radius 1 is 0.538 bits per heavy atom. The Balaban J connectivity index is 1.30. The highest BCUT2D eigenvalue weighted by molar-refractivity contribution is 5.08. The third-order valence-electron chi connectivity index (χ3n) is 7.38. The van der Waals surface area contributed by atoms with Gasteiger partial charge in [-0.1, -0.05) is 54.4 Å². The van der Waals surface area contributed by atoms with Gasteiger partial charge in [0.15, 0.2) is 0 Å². The van der Waals surface area contributed by atoms with Crippen LogP contribution in [0.3, 0.4) is 0 Å². The molecule has 0 aromatic rings. The van der Waals surface area contributed by atoms with Crippen LogP contribution < -0.4 is 0 Å². The largest absolute Gasteiger partial charge is 0.303 e. The maximum absolute atomic E-state index is 2.81. The number of fused-ring (bicyclic) bond motifs is 4. The monoisotopic (exact) mass is 362 g/mol. The fraction of sp³-hybridized carbons (Fsp3) is 1.00. The molecule has 0 unspecified atom stereocenters. The molecule has 3 aliphatic rings. The maximum Gasteiger partial charge on any atom is 0.00163 e. The standard InChI is InChI=1S/C24H46N2/c1-23(2,3)11-7-9-13-25-15-19-20(16-25)22-18-26(17-21(19)22)14-10-8-12-24(4,5)6/h19-22H,7-18H2,1-6H3/t19-,20+,21+,22-. The van der Waals surface area contributed by atoms with Crippen LogP contribution in [0.5, 0.6) is 0 Å². The van der Waals surface area contributed by atoms with Crippen LogP contribution in [0, 0.1) is 34.5 Å². The van der Waals surface area contributed by atoms with Gasteiger partial charge in [0.25, 0.3) is 0 Å². The van der Waals surface area contributed by atoms with E-state index in [1.54, 1.807) is 0 Å². The molecule has 0 N–H and O–H groups in total. The second-order valence-electron chi connectivity index (χ2n) is 12.2. The maximum atomic E-state index is 2.81. The SMILES string of the molecule is CC(C)(C)CCCCN1C[C@H]2[C@@H]3CN(CCCCC(C)(C)C)C[C@@H]3[C@H]2C1. The van der Waals surface area contributed by atoms with E-state index in [0.29, 0.717) is 10.8 Å². The number of rotatable bonds is 8. The normalized spacial score (nSPS) is 32.5. The third-order valence-corrected chi connectivity index (χ3v) is 7.38. The first-order chi connectivity index (χ1) is 12.1. The van der Waals surface area contributed by atoms with Crippen molar-refractivity contribution in [3.8, 4) is 0 Å². The van der Waals surface area contributed by atoms with Crippen molar-refractivity contribution in [2.75, 3.05) is 39.3 Å². The summed E-state index contributed by atoms with van der Waals surface area (Å²) in [6.07, 6.45) is 8.39. The lowest BCUT2D eigenvalue weighted by Crippen LogP contribution is -2.44. The molecule has 0 atom stereocenters. The molecule has 1 saturated carbocycles. The van der Waals surface area contributed by atoms with E-state index in [1.807, 2.05) is 0 Å². The molecule has 0 aromatic heterocycles. The van der Waals surface area contributed by atoms with E-state index in [-0.39, 0.29) is 0 Å². The fourth-order valence-corrected chi connectivity index (χ4v) is 5.90.